The quantitative estimate of drug-likeness (QED) is 0.267. The van der Waals surface area contributed by atoms with Crippen LogP contribution in [-0.2, 0) is 22.1 Å². The van der Waals surface area contributed by atoms with Gasteiger partial charge in [-0.1, -0.05) is 44.6 Å². The van der Waals surface area contributed by atoms with Crippen molar-refractivity contribution in [2.75, 3.05) is 0 Å². The number of cyclic esters (lactones) is 1. The molecule has 2 aromatic rings. The number of carbonyl (C=O) groups excluding carboxylic acids is 1. The van der Waals surface area contributed by atoms with Gasteiger partial charge < -0.3 is 14.3 Å². The minimum atomic E-state index is -4.41. The number of benzene rings is 1. The maximum Gasteiger partial charge on any atom is 0.416 e. The zero-order chi connectivity index (χ0) is 31.7. The minimum absolute atomic E-state index is 0.160. The van der Waals surface area contributed by atoms with E-state index in [1.54, 1.807) is 12.3 Å². The Morgan fingerprint density at radius 3 is 2.49 bits per heavy atom. The van der Waals surface area contributed by atoms with Gasteiger partial charge in [0.15, 0.2) is 0 Å². The molecule has 2 heterocycles. The van der Waals surface area contributed by atoms with Gasteiger partial charge in [-0.15, -0.1) is 0 Å². The van der Waals surface area contributed by atoms with E-state index in [1.165, 1.54) is 37.0 Å². The van der Waals surface area contributed by atoms with Crippen LogP contribution in [0.25, 0.3) is 5.57 Å². The number of carbonyl (C=O) groups is 1. The summed E-state index contributed by atoms with van der Waals surface area (Å²) in [5.74, 6) is 2.79. The third-order valence-electron chi connectivity index (χ3n) is 13.1. The molecule has 9 atom stereocenters. The van der Waals surface area contributed by atoms with Gasteiger partial charge >= 0.3 is 12.1 Å². The number of aliphatic hydroxyl groups is 1. The molecule has 4 aliphatic carbocycles. The average molecular weight is 623 g/mol. The van der Waals surface area contributed by atoms with Crippen LogP contribution in [0.2, 0.25) is 0 Å². The van der Waals surface area contributed by atoms with Crippen LogP contribution in [0.4, 0.5) is 13.2 Å². The Bertz CT molecular complexity index is 1490. The zero-order valence-corrected chi connectivity index (χ0v) is 26.5. The highest BCUT2D eigenvalue weighted by molar-refractivity contribution is 5.99. The van der Waals surface area contributed by atoms with Crippen LogP contribution < -0.4 is 0 Å². The summed E-state index contributed by atoms with van der Waals surface area (Å²) in [5.41, 5.74) is 3.05. The highest BCUT2D eigenvalue weighted by atomic mass is 19.4. The van der Waals surface area contributed by atoms with Crippen molar-refractivity contribution in [2.45, 2.75) is 103 Å². The third kappa shape index (κ3) is 5.21. The highest BCUT2D eigenvalue weighted by Crippen LogP contribution is 2.67. The molecule has 4 nitrogen and oxygen atoms in total. The number of fused-ring (bicyclic) bond motifs is 5. The molecular formula is C38H45F3O4. The van der Waals surface area contributed by atoms with E-state index in [4.69, 9.17) is 9.15 Å². The van der Waals surface area contributed by atoms with Crippen LogP contribution in [0.1, 0.15) is 95.4 Å². The molecule has 0 saturated heterocycles. The molecule has 7 heteroatoms. The van der Waals surface area contributed by atoms with E-state index < -0.39 is 17.7 Å². The molecule has 0 spiro atoms. The van der Waals surface area contributed by atoms with Gasteiger partial charge in [0.25, 0.3) is 0 Å². The molecular weight excluding hydrogens is 577 g/mol. The summed E-state index contributed by atoms with van der Waals surface area (Å²) >= 11 is 0. The topological polar surface area (TPSA) is 59.7 Å². The minimum Gasteiger partial charge on any atom is -0.465 e. The second-order valence-corrected chi connectivity index (χ2v) is 15.2. The van der Waals surface area contributed by atoms with Crippen molar-refractivity contribution in [3.63, 3.8) is 0 Å². The van der Waals surface area contributed by atoms with Gasteiger partial charge in [-0.25, -0.2) is 4.79 Å². The molecule has 1 N–H and O–H groups in total. The summed E-state index contributed by atoms with van der Waals surface area (Å²) in [6.45, 7) is 7.22. The average Bonchev–Trinajstić information content (AvgIpc) is 3.66. The SMILES string of the molecule is C[C@@H]([C@H]1CC[C@H]2[C@@H]3CC=C4C[C@@H](O)CC[C@]4(C)[C@H]3CC[C@]12C)[C@H]1CC(c2ccco2)=C(Cc2ccc(C(F)(F)F)cc2)C(=O)O1. The van der Waals surface area contributed by atoms with Crippen molar-refractivity contribution in [2.24, 2.45) is 40.4 Å². The van der Waals surface area contributed by atoms with Crippen molar-refractivity contribution in [3.8, 4) is 0 Å². The number of hydrogen-bond donors (Lipinski definition) is 1. The first-order chi connectivity index (χ1) is 21.4. The number of rotatable bonds is 5. The molecule has 0 radical (unpaired) electrons. The van der Waals surface area contributed by atoms with Crippen molar-refractivity contribution >= 4 is 11.5 Å². The molecule has 7 rings (SSSR count). The van der Waals surface area contributed by atoms with Crippen molar-refractivity contribution < 1.29 is 32.2 Å². The maximum absolute atomic E-state index is 13.7. The summed E-state index contributed by atoms with van der Waals surface area (Å²) in [5, 5.41) is 10.4. The van der Waals surface area contributed by atoms with Gasteiger partial charge in [0.05, 0.1) is 17.9 Å². The highest BCUT2D eigenvalue weighted by Gasteiger charge is 2.60. The first kappa shape index (κ1) is 30.8. The van der Waals surface area contributed by atoms with Gasteiger partial charge in [-0.05, 0) is 122 Å². The van der Waals surface area contributed by atoms with Gasteiger partial charge in [-0.2, -0.15) is 13.2 Å². The van der Waals surface area contributed by atoms with Crippen molar-refractivity contribution in [1.82, 2.24) is 0 Å². The molecule has 1 aromatic carbocycles. The maximum atomic E-state index is 13.7. The molecule has 45 heavy (non-hydrogen) atoms. The second kappa shape index (κ2) is 11.2. The van der Waals surface area contributed by atoms with Gasteiger partial charge in [-0.3, -0.25) is 0 Å². The van der Waals surface area contributed by atoms with Crippen molar-refractivity contribution in [3.05, 3.63) is 76.8 Å². The number of alkyl halides is 3. The van der Waals surface area contributed by atoms with Crippen LogP contribution in [0.15, 0.2) is 64.3 Å². The monoisotopic (exact) mass is 622 g/mol. The van der Waals surface area contributed by atoms with Crippen LogP contribution in [0.5, 0.6) is 0 Å². The molecule has 5 aliphatic rings. The fourth-order valence-corrected chi connectivity index (χ4v) is 10.7. The fraction of sp³-hybridized carbons (Fsp3) is 0.605. The number of aliphatic hydroxyl groups excluding tert-OH is 1. The Labute approximate surface area is 264 Å². The second-order valence-electron chi connectivity index (χ2n) is 15.2. The number of hydrogen-bond acceptors (Lipinski definition) is 4. The summed E-state index contributed by atoms with van der Waals surface area (Å²) < 4.78 is 51.4. The summed E-state index contributed by atoms with van der Waals surface area (Å²) in [7, 11) is 0. The molecule has 0 unspecified atom stereocenters. The molecule has 1 aromatic heterocycles. The van der Waals surface area contributed by atoms with E-state index in [1.807, 2.05) is 6.07 Å². The number of allylic oxidation sites excluding steroid dienone is 1. The van der Waals surface area contributed by atoms with Gasteiger partial charge in [0.2, 0.25) is 0 Å². The van der Waals surface area contributed by atoms with Crippen LogP contribution in [0, 0.1) is 40.4 Å². The Hall–Kier alpha value is -2.80. The molecule has 0 bridgehead atoms. The lowest BCUT2D eigenvalue weighted by atomic mass is 9.47. The lowest BCUT2D eigenvalue weighted by Gasteiger charge is -2.58. The lowest BCUT2D eigenvalue weighted by Crippen LogP contribution is -2.51. The number of esters is 1. The standard InChI is InChI=1S/C38H45F3O4/c1-22(30-12-13-31-27-11-10-25-20-26(42)14-16-36(25,2)32(27)15-17-37(30,31)3)34-21-28(33-5-4-18-44-33)29(35(43)45-34)19-23-6-8-24(9-7-23)38(39,40)41/h4-10,18,22,26-27,30-32,34,42H,11-17,19-21H2,1-3H3/t22-,26-,27-,30+,31-,32-,34+,36-,37+/m0/s1. The van der Waals surface area contributed by atoms with Gasteiger partial charge in [0, 0.05) is 24.0 Å². The normalized spacial score (nSPS) is 37.3. The van der Waals surface area contributed by atoms with E-state index in [0.717, 1.165) is 49.8 Å². The largest absolute Gasteiger partial charge is 0.465 e. The Morgan fingerprint density at radius 2 is 1.78 bits per heavy atom. The van der Waals surface area contributed by atoms with E-state index in [0.29, 0.717) is 47.0 Å². The Morgan fingerprint density at radius 1 is 1.00 bits per heavy atom. The van der Waals surface area contributed by atoms with E-state index in [-0.39, 0.29) is 35.4 Å². The first-order valence-corrected chi connectivity index (χ1v) is 16.9. The molecule has 3 fully saturated rings. The summed E-state index contributed by atoms with van der Waals surface area (Å²) in [6.07, 6.45) is 8.55. The predicted octanol–water partition coefficient (Wildman–Crippen LogP) is 9.19. The summed E-state index contributed by atoms with van der Waals surface area (Å²) in [6, 6.07) is 8.66. The van der Waals surface area contributed by atoms with Crippen LogP contribution in [0.3, 0.4) is 0 Å². The molecule has 242 valence electrons. The van der Waals surface area contributed by atoms with Crippen LogP contribution in [-0.4, -0.2) is 23.3 Å². The van der Waals surface area contributed by atoms with Gasteiger partial charge in [0.1, 0.15) is 11.9 Å². The Kier molecular flexibility index (Phi) is 7.65. The fourth-order valence-electron chi connectivity index (χ4n) is 10.7. The zero-order valence-electron chi connectivity index (χ0n) is 26.5. The van der Waals surface area contributed by atoms with E-state index in [2.05, 4.69) is 26.8 Å². The first-order valence-electron chi connectivity index (χ1n) is 16.9. The number of furan rings is 1. The molecule has 0 amide bonds. The van der Waals surface area contributed by atoms with E-state index in [9.17, 15) is 23.1 Å². The molecule has 3 saturated carbocycles. The number of ether oxygens (including phenoxy) is 1. The van der Waals surface area contributed by atoms with Crippen molar-refractivity contribution in [1.29, 1.82) is 0 Å². The third-order valence-corrected chi connectivity index (χ3v) is 13.1. The smallest absolute Gasteiger partial charge is 0.416 e. The Balaban J connectivity index is 1.12. The molecule has 1 aliphatic heterocycles. The van der Waals surface area contributed by atoms with Crippen LogP contribution >= 0.6 is 0 Å². The van der Waals surface area contributed by atoms with E-state index >= 15 is 0 Å². The predicted molar refractivity (Wildman–Crippen MR) is 166 cm³/mol. The number of halogens is 3. The summed E-state index contributed by atoms with van der Waals surface area (Å²) in [4.78, 5) is 13.7. The lowest BCUT2D eigenvalue weighted by molar-refractivity contribution is -0.151.